The summed E-state index contributed by atoms with van der Waals surface area (Å²) in [4.78, 5) is 23.2. The minimum absolute atomic E-state index is 0.121. The molecule has 0 saturated carbocycles. The minimum Gasteiger partial charge on any atom is -0.462 e. The molecule has 0 aliphatic heterocycles. The lowest BCUT2D eigenvalue weighted by atomic mass is 10.1. The van der Waals surface area contributed by atoms with Crippen LogP contribution in [0.1, 0.15) is 22.8 Å². The van der Waals surface area contributed by atoms with E-state index in [0.717, 1.165) is 5.56 Å². The second kappa shape index (κ2) is 6.39. The van der Waals surface area contributed by atoms with E-state index < -0.39 is 0 Å². The molecule has 0 aliphatic carbocycles. The maximum atomic E-state index is 11.7. The molecular formula is C15H14ClNO3. The van der Waals surface area contributed by atoms with Crippen LogP contribution in [-0.2, 0) is 11.3 Å². The molecule has 1 heterocycles. The van der Waals surface area contributed by atoms with E-state index in [4.69, 9.17) is 16.3 Å². The predicted molar refractivity (Wildman–Crippen MR) is 77.2 cm³/mol. The van der Waals surface area contributed by atoms with Gasteiger partial charge in [0.1, 0.15) is 0 Å². The highest BCUT2D eigenvalue weighted by Crippen LogP contribution is 2.09. The van der Waals surface area contributed by atoms with Crippen LogP contribution in [0, 0.1) is 0 Å². The summed E-state index contributed by atoms with van der Waals surface area (Å²) < 4.78 is 6.42. The lowest BCUT2D eigenvalue weighted by Gasteiger charge is -2.07. The van der Waals surface area contributed by atoms with Crippen LogP contribution in [0.5, 0.6) is 0 Å². The normalized spacial score (nSPS) is 10.3. The first kappa shape index (κ1) is 14.3. The van der Waals surface area contributed by atoms with Crippen LogP contribution in [-0.4, -0.2) is 17.1 Å². The van der Waals surface area contributed by atoms with E-state index in [1.54, 1.807) is 43.5 Å². The topological polar surface area (TPSA) is 48.3 Å². The second-order valence-corrected chi connectivity index (χ2v) is 4.67. The molecule has 1 aromatic heterocycles. The number of halogens is 1. The molecule has 0 spiro atoms. The Morgan fingerprint density at radius 2 is 1.90 bits per heavy atom. The monoisotopic (exact) mass is 291 g/mol. The van der Waals surface area contributed by atoms with Crippen molar-refractivity contribution in [3.05, 3.63) is 69.1 Å². The van der Waals surface area contributed by atoms with E-state index in [0.29, 0.717) is 23.7 Å². The summed E-state index contributed by atoms with van der Waals surface area (Å²) in [5.41, 5.74) is 1.28. The van der Waals surface area contributed by atoms with E-state index in [-0.39, 0.29) is 11.5 Å². The predicted octanol–water partition coefficient (Wildman–Crippen LogP) is 2.73. The molecule has 1 aromatic carbocycles. The third-order valence-corrected chi connectivity index (χ3v) is 2.99. The van der Waals surface area contributed by atoms with Crippen LogP contribution in [0.25, 0.3) is 0 Å². The van der Waals surface area contributed by atoms with E-state index in [2.05, 4.69) is 0 Å². The molecule has 104 valence electrons. The molecule has 0 atom stereocenters. The van der Waals surface area contributed by atoms with Gasteiger partial charge in [0.2, 0.25) is 0 Å². The fraction of sp³-hybridized carbons (Fsp3) is 0.200. The number of nitrogens with zero attached hydrogens (tertiary/aromatic N) is 1. The van der Waals surface area contributed by atoms with Gasteiger partial charge in [-0.2, -0.15) is 0 Å². The summed E-state index contributed by atoms with van der Waals surface area (Å²) in [5, 5.41) is 0.507. The van der Waals surface area contributed by atoms with Crippen LogP contribution >= 0.6 is 11.6 Å². The van der Waals surface area contributed by atoms with Gasteiger partial charge in [0, 0.05) is 12.3 Å². The molecule has 2 aromatic rings. The van der Waals surface area contributed by atoms with Crippen molar-refractivity contribution >= 4 is 17.6 Å². The maximum absolute atomic E-state index is 11.7. The first-order chi connectivity index (χ1) is 9.60. The average molecular weight is 292 g/mol. The Morgan fingerprint density at radius 3 is 2.55 bits per heavy atom. The zero-order valence-electron chi connectivity index (χ0n) is 11.0. The maximum Gasteiger partial charge on any atom is 0.338 e. The van der Waals surface area contributed by atoms with Gasteiger partial charge in [-0.3, -0.25) is 4.79 Å². The largest absolute Gasteiger partial charge is 0.462 e. The standard InChI is InChI=1S/C15H14ClNO3/c1-2-20-15(19)12-5-3-11(4-6-12)9-17-10-13(16)7-8-14(17)18/h3-8,10H,2,9H2,1H3. The van der Waals surface area contributed by atoms with Gasteiger partial charge >= 0.3 is 5.97 Å². The number of carbonyl (C=O) groups excluding carboxylic acids is 1. The quantitative estimate of drug-likeness (QED) is 0.814. The lowest BCUT2D eigenvalue weighted by Crippen LogP contribution is -2.18. The summed E-state index contributed by atoms with van der Waals surface area (Å²) in [5.74, 6) is -0.348. The van der Waals surface area contributed by atoms with E-state index in [1.807, 2.05) is 0 Å². The molecule has 0 aliphatic rings. The van der Waals surface area contributed by atoms with Gasteiger partial charge in [-0.1, -0.05) is 23.7 Å². The highest BCUT2D eigenvalue weighted by molar-refractivity contribution is 6.30. The zero-order chi connectivity index (χ0) is 14.5. The van der Waals surface area contributed by atoms with E-state index in [9.17, 15) is 9.59 Å². The van der Waals surface area contributed by atoms with Crippen LogP contribution in [0.3, 0.4) is 0 Å². The molecule has 4 nitrogen and oxygen atoms in total. The Balaban J connectivity index is 2.17. The van der Waals surface area contributed by atoms with Crippen molar-refractivity contribution in [3.63, 3.8) is 0 Å². The van der Waals surface area contributed by atoms with Gasteiger partial charge in [0.15, 0.2) is 0 Å². The Labute approximate surface area is 121 Å². The van der Waals surface area contributed by atoms with Crippen molar-refractivity contribution in [2.45, 2.75) is 13.5 Å². The van der Waals surface area contributed by atoms with E-state index >= 15 is 0 Å². The van der Waals surface area contributed by atoms with Crippen molar-refractivity contribution in [1.29, 1.82) is 0 Å². The Kier molecular flexibility index (Phi) is 4.58. The number of carbonyl (C=O) groups is 1. The van der Waals surface area contributed by atoms with Crippen molar-refractivity contribution in [3.8, 4) is 0 Å². The molecule has 0 fully saturated rings. The van der Waals surface area contributed by atoms with Crippen molar-refractivity contribution < 1.29 is 9.53 Å². The lowest BCUT2D eigenvalue weighted by molar-refractivity contribution is 0.0526. The number of aromatic nitrogens is 1. The van der Waals surface area contributed by atoms with Crippen molar-refractivity contribution in [2.24, 2.45) is 0 Å². The van der Waals surface area contributed by atoms with Gasteiger partial charge in [0.25, 0.3) is 5.56 Å². The summed E-state index contributed by atoms with van der Waals surface area (Å²) in [7, 11) is 0. The molecule has 0 N–H and O–H groups in total. The molecule has 0 bridgehead atoms. The molecule has 20 heavy (non-hydrogen) atoms. The molecule has 5 heteroatoms. The molecule has 0 saturated heterocycles. The Morgan fingerprint density at radius 1 is 1.20 bits per heavy atom. The van der Waals surface area contributed by atoms with Crippen molar-refractivity contribution in [2.75, 3.05) is 6.61 Å². The molecule has 0 amide bonds. The zero-order valence-corrected chi connectivity index (χ0v) is 11.8. The highest BCUT2D eigenvalue weighted by Gasteiger charge is 2.06. The first-order valence-electron chi connectivity index (χ1n) is 6.22. The Bertz CT molecular complexity index is 662. The number of esters is 1. The summed E-state index contributed by atoms with van der Waals surface area (Å²) in [6.45, 7) is 2.51. The molecule has 0 radical (unpaired) electrons. The molecule has 0 unspecified atom stereocenters. The second-order valence-electron chi connectivity index (χ2n) is 4.23. The van der Waals surface area contributed by atoms with Gasteiger partial charge in [0.05, 0.1) is 23.7 Å². The van der Waals surface area contributed by atoms with Crippen LogP contribution < -0.4 is 5.56 Å². The molecule has 2 rings (SSSR count). The van der Waals surface area contributed by atoms with Gasteiger partial charge in [-0.25, -0.2) is 4.79 Å². The third-order valence-electron chi connectivity index (χ3n) is 2.77. The van der Waals surface area contributed by atoms with Crippen LogP contribution in [0.15, 0.2) is 47.4 Å². The first-order valence-corrected chi connectivity index (χ1v) is 6.60. The minimum atomic E-state index is -0.348. The van der Waals surface area contributed by atoms with Crippen molar-refractivity contribution in [1.82, 2.24) is 4.57 Å². The van der Waals surface area contributed by atoms with E-state index in [1.165, 1.54) is 10.6 Å². The summed E-state index contributed by atoms with van der Waals surface area (Å²) >= 11 is 5.86. The number of rotatable bonds is 4. The average Bonchev–Trinajstić information content (AvgIpc) is 2.44. The highest BCUT2D eigenvalue weighted by atomic mass is 35.5. The van der Waals surface area contributed by atoms with Gasteiger partial charge in [-0.15, -0.1) is 0 Å². The number of pyridine rings is 1. The summed E-state index contributed by atoms with van der Waals surface area (Å²) in [6.07, 6.45) is 1.59. The third kappa shape index (κ3) is 3.48. The van der Waals surface area contributed by atoms with Gasteiger partial charge in [-0.05, 0) is 30.7 Å². The van der Waals surface area contributed by atoms with Crippen LogP contribution in [0.4, 0.5) is 0 Å². The number of benzene rings is 1. The van der Waals surface area contributed by atoms with Gasteiger partial charge < -0.3 is 9.30 Å². The fourth-order valence-corrected chi connectivity index (χ4v) is 1.96. The summed E-state index contributed by atoms with van der Waals surface area (Å²) in [6, 6.07) is 9.94. The SMILES string of the molecule is CCOC(=O)c1ccc(Cn2cc(Cl)ccc2=O)cc1. The Hall–Kier alpha value is -2.07. The number of hydrogen-bond donors (Lipinski definition) is 0. The number of ether oxygens (including phenoxy) is 1. The molecular weight excluding hydrogens is 278 g/mol. The fourth-order valence-electron chi connectivity index (χ4n) is 1.78. The van der Waals surface area contributed by atoms with Crippen LogP contribution in [0.2, 0.25) is 5.02 Å². The smallest absolute Gasteiger partial charge is 0.338 e. The number of hydrogen-bond acceptors (Lipinski definition) is 3.